The minimum absolute atomic E-state index is 0.00520. The van der Waals surface area contributed by atoms with Crippen LogP contribution in [0.4, 0.5) is 19.4 Å². The Labute approximate surface area is 209 Å². The first-order chi connectivity index (χ1) is 17.7. The van der Waals surface area contributed by atoms with Crippen molar-refractivity contribution in [3.63, 3.8) is 0 Å². The number of hydrogen-bond acceptors (Lipinski definition) is 9. The van der Waals surface area contributed by atoms with Gasteiger partial charge in [-0.15, -0.1) is 0 Å². The van der Waals surface area contributed by atoms with Gasteiger partial charge in [-0.1, -0.05) is 17.3 Å². The quantitative estimate of drug-likeness (QED) is 0.311. The zero-order valence-corrected chi connectivity index (χ0v) is 20.3. The summed E-state index contributed by atoms with van der Waals surface area (Å²) in [4.78, 5) is 11.1. The molecule has 0 aliphatic rings. The first-order valence-electron chi connectivity index (χ1n) is 10.6. The number of anilines is 1. The largest absolute Gasteiger partial charge is 0.495 e. The van der Waals surface area contributed by atoms with Crippen molar-refractivity contribution < 1.29 is 40.7 Å². The number of methoxy groups -OCH3 is 2. The Morgan fingerprint density at radius 1 is 1.16 bits per heavy atom. The van der Waals surface area contributed by atoms with E-state index >= 15 is 0 Å². The van der Waals surface area contributed by atoms with Crippen LogP contribution in [-0.4, -0.2) is 50.3 Å². The Balaban J connectivity index is 1.64. The summed E-state index contributed by atoms with van der Waals surface area (Å²) in [5, 5.41) is 10.3. The molecule has 0 fully saturated rings. The molecule has 0 atom stereocenters. The van der Waals surface area contributed by atoms with Crippen LogP contribution < -0.4 is 19.5 Å². The zero-order chi connectivity index (χ0) is 26.6. The van der Waals surface area contributed by atoms with E-state index in [1.807, 2.05) is 0 Å². The van der Waals surface area contributed by atoms with Gasteiger partial charge in [0.15, 0.2) is 11.4 Å². The number of halogens is 2. The predicted octanol–water partition coefficient (Wildman–Crippen LogP) is 3.34. The number of carbonyl (C=O) groups excluding carboxylic acids is 1. The fourth-order valence-corrected chi connectivity index (χ4v) is 4.66. The van der Waals surface area contributed by atoms with Gasteiger partial charge in [-0.05, 0) is 29.8 Å². The van der Waals surface area contributed by atoms with E-state index in [-0.39, 0.29) is 46.3 Å². The highest BCUT2D eigenvalue weighted by atomic mass is 32.2. The molecule has 196 valence electrons. The molecule has 1 amide bonds. The average molecular weight is 538 g/mol. The predicted molar refractivity (Wildman–Crippen MR) is 125 cm³/mol. The number of amides is 1. The summed E-state index contributed by atoms with van der Waals surface area (Å²) in [5.41, 5.74) is 1.13. The van der Waals surface area contributed by atoms with Gasteiger partial charge in [0.1, 0.15) is 21.8 Å². The zero-order valence-electron chi connectivity index (χ0n) is 19.5. The molecule has 0 spiro atoms. The van der Waals surface area contributed by atoms with Gasteiger partial charge in [0.25, 0.3) is 10.0 Å². The Hall–Kier alpha value is -4.40. The van der Waals surface area contributed by atoms with Gasteiger partial charge in [-0.2, -0.15) is 13.9 Å². The van der Waals surface area contributed by atoms with E-state index in [0.29, 0.717) is 11.1 Å². The van der Waals surface area contributed by atoms with Gasteiger partial charge in [-0.3, -0.25) is 9.40 Å². The minimum Gasteiger partial charge on any atom is -0.495 e. The molecule has 2 aromatic heterocycles. The monoisotopic (exact) mass is 537 g/mol. The summed E-state index contributed by atoms with van der Waals surface area (Å²) in [5.74, 6) is -0.603. The summed E-state index contributed by atoms with van der Waals surface area (Å²) in [6.07, 6.45) is 2.56. The van der Waals surface area contributed by atoms with Crippen molar-refractivity contribution in [2.24, 2.45) is 0 Å². The van der Waals surface area contributed by atoms with E-state index in [0.717, 1.165) is 0 Å². The van der Waals surface area contributed by atoms with Gasteiger partial charge < -0.3 is 24.1 Å². The van der Waals surface area contributed by atoms with Crippen molar-refractivity contribution in [2.45, 2.75) is 24.6 Å². The first-order valence-corrected chi connectivity index (χ1v) is 12.0. The van der Waals surface area contributed by atoms with Crippen LogP contribution in [0.3, 0.4) is 0 Å². The fraction of sp³-hybridized carbons (Fsp3) is 0.227. The number of sulfonamides is 1. The van der Waals surface area contributed by atoms with E-state index in [1.54, 1.807) is 12.3 Å². The number of carbonyl (C=O) groups is 1. The van der Waals surface area contributed by atoms with Crippen molar-refractivity contribution in [3.8, 4) is 11.5 Å². The van der Waals surface area contributed by atoms with Crippen molar-refractivity contribution in [3.05, 3.63) is 59.9 Å². The standard InChI is InChI=1S/C22H21F2N5O7S/c1-33-15-5-3-4-6-18(15)37(31,32)28-20-19-16(35-21(23)24)7-13(8-17(19)36-27-20)11-29-12-14(10-26-29)9-25-22(30)34-2/h3-8,10,12,21H,9,11H2,1-2H3,(H,25,30)(H,27,28). The molecule has 0 unspecified atom stereocenters. The molecule has 0 aliphatic heterocycles. The molecule has 2 heterocycles. The second kappa shape index (κ2) is 10.7. The molecular formula is C22H21F2N5O7S. The van der Waals surface area contributed by atoms with Crippen LogP contribution >= 0.6 is 0 Å². The highest BCUT2D eigenvalue weighted by Crippen LogP contribution is 2.36. The van der Waals surface area contributed by atoms with Crippen LogP contribution in [-0.2, 0) is 27.8 Å². The third kappa shape index (κ3) is 5.88. The maximum Gasteiger partial charge on any atom is 0.407 e. The summed E-state index contributed by atoms with van der Waals surface area (Å²) >= 11 is 0. The summed E-state index contributed by atoms with van der Waals surface area (Å²) in [6.45, 7) is -2.91. The summed E-state index contributed by atoms with van der Waals surface area (Å²) in [6, 6.07) is 8.67. The maximum absolute atomic E-state index is 13.2. The summed E-state index contributed by atoms with van der Waals surface area (Å²) in [7, 11) is -1.67. The lowest BCUT2D eigenvalue weighted by Gasteiger charge is -2.11. The van der Waals surface area contributed by atoms with Crippen molar-refractivity contribution in [1.82, 2.24) is 20.3 Å². The molecule has 0 bridgehead atoms. The van der Waals surface area contributed by atoms with E-state index in [1.165, 1.54) is 55.4 Å². The van der Waals surface area contributed by atoms with E-state index in [9.17, 15) is 22.0 Å². The number of nitrogens with zero attached hydrogens (tertiary/aromatic N) is 3. The topological polar surface area (TPSA) is 147 Å². The number of nitrogens with one attached hydrogen (secondary N) is 2. The van der Waals surface area contributed by atoms with Crippen LogP contribution in [0.25, 0.3) is 11.0 Å². The Kier molecular flexibility index (Phi) is 7.42. The normalized spacial score (nSPS) is 11.5. The number of hydrogen-bond donors (Lipinski definition) is 2. The summed E-state index contributed by atoms with van der Waals surface area (Å²) < 4.78 is 75.7. The SMILES string of the molecule is COC(=O)NCc1cnn(Cc2cc(OC(F)F)c3c(NS(=O)(=O)c4ccccc4OC)noc3c2)c1. The number of alkyl carbamates (subject to hydrolysis) is 1. The third-order valence-corrected chi connectivity index (χ3v) is 6.44. The van der Waals surface area contributed by atoms with E-state index in [2.05, 4.69) is 29.8 Å². The Morgan fingerprint density at radius 2 is 1.95 bits per heavy atom. The average Bonchev–Trinajstić information content (AvgIpc) is 3.48. The second-order valence-corrected chi connectivity index (χ2v) is 9.18. The first kappa shape index (κ1) is 25.7. The van der Waals surface area contributed by atoms with Crippen molar-refractivity contribution >= 4 is 32.9 Å². The fourth-order valence-electron chi connectivity index (χ4n) is 3.48. The molecule has 0 saturated heterocycles. The number of para-hydroxylation sites is 1. The number of aromatic nitrogens is 3. The highest BCUT2D eigenvalue weighted by molar-refractivity contribution is 7.92. The smallest absolute Gasteiger partial charge is 0.407 e. The number of rotatable bonds is 10. The van der Waals surface area contributed by atoms with Gasteiger partial charge in [0.05, 0.1) is 27.0 Å². The van der Waals surface area contributed by atoms with Gasteiger partial charge in [0.2, 0.25) is 0 Å². The Bertz CT molecular complexity index is 1520. The van der Waals surface area contributed by atoms with E-state index in [4.69, 9.17) is 9.26 Å². The lowest BCUT2D eigenvalue weighted by atomic mass is 10.1. The molecule has 12 nitrogen and oxygen atoms in total. The molecule has 15 heteroatoms. The van der Waals surface area contributed by atoms with Crippen LogP contribution in [0.1, 0.15) is 11.1 Å². The molecule has 4 rings (SSSR count). The lowest BCUT2D eigenvalue weighted by molar-refractivity contribution is -0.0488. The molecule has 4 aromatic rings. The van der Waals surface area contributed by atoms with Gasteiger partial charge >= 0.3 is 12.7 Å². The molecule has 0 radical (unpaired) electrons. The van der Waals surface area contributed by atoms with Crippen molar-refractivity contribution in [2.75, 3.05) is 18.9 Å². The second-order valence-electron chi connectivity index (χ2n) is 7.52. The molecule has 37 heavy (non-hydrogen) atoms. The van der Waals surface area contributed by atoms with Gasteiger partial charge in [-0.25, -0.2) is 13.2 Å². The number of benzene rings is 2. The van der Waals surface area contributed by atoms with Crippen LogP contribution in [0.2, 0.25) is 0 Å². The third-order valence-electron chi connectivity index (χ3n) is 5.06. The maximum atomic E-state index is 13.2. The van der Waals surface area contributed by atoms with Crippen LogP contribution in [0.15, 0.2) is 58.2 Å². The molecular weight excluding hydrogens is 516 g/mol. The highest BCUT2D eigenvalue weighted by Gasteiger charge is 2.25. The minimum atomic E-state index is -4.23. The number of ether oxygens (including phenoxy) is 3. The molecule has 2 N–H and O–H groups in total. The lowest BCUT2D eigenvalue weighted by Crippen LogP contribution is -2.21. The molecule has 0 saturated carbocycles. The molecule has 0 aliphatic carbocycles. The van der Waals surface area contributed by atoms with Crippen LogP contribution in [0, 0.1) is 0 Å². The number of fused-ring (bicyclic) bond motifs is 1. The Morgan fingerprint density at radius 3 is 2.68 bits per heavy atom. The van der Waals surface area contributed by atoms with Gasteiger partial charge in [0, 0.05) is 18.3 Å². The molecule has 2 aromatic carbocycles. The van der Waals surface area contributed by atoms with E-state index < -0.39 is 22.7 Å². The van der Waals surface area contributed by atoms with Crippen molar-refractivity contribution in [1.29, 1.82) is 0 Å². The van der Waals surface area contributed by atoms with Crippen LogP contribution in [0.5, 0.6) is 11.5 Å². The number of alkyl halides is 2.